The normalized spacial score (nSPS) is 10.8. The number of hydrogen-bond acceptors (Lipinski definition) is 4. The van der Waals surface area contributed by atoms with Crippen LogP contribution in [-0.4, -0.2) is 24.9 Å². The van der Waals surface area contributed by atoms with Gasteiger partial charge in [0.1, 0.15) is 5.69 Å². The van der Waals surface area contributed by atoms with Crippen molar-refractivity contribution in [3.8, 4) is 11.5 Å². The van der Waals surface area contributed by atoms with E-state index in [0.29, 0.717) is 22.2 Å². The second kappa shape index (κ2) is 4.19. The molecule has 0 aromatic carbocycles. The van der Waals surface area contributed by atoms with Gasteiger partial charge in [0, 0.05) is 13.2 Å². The first kappa shape index (κ1) is 11.0. The van der Waals surface area contributed by atoms with E-state index in [9.17, 15) is 0 Å². The Labute approximate surface area is 97.7 Å². The van der Waals surface area contributed by atoms with Gasteiger partial charge in [0.25, 0.3) is 0 Å². The van der Waals surface area contributed by atoms with Gasteiger partial charge in [-0.25, -0.2) is 9.97 Å². The smallest absolute Gasteiger partial charge is 0.179 e. The first-order chi connectivity index (χ1) is 7.63. The van der Waals surface area contributed by atoms with Gasteiger partial charge in [0.15, 0.2) is 5.82 Å². The van der Waals surface area contributed by atoms with Gasteiger partial charge in [0.05, 0.1) is 23.0 Å². The van der Waals surface area contributed by atoms with Gasteiger partial charge in [-0.15, -0.1) is 0 Å². The van der Waals surface area contributed by atoms with E-state index in [4.69, 9.17) is 16.7 Å². The summed E-state index contributed by atoms with van der Waals surface area (Å²) in [5, 5.41) is 13.7. The molecule has 0 radical (unpaired) electrons. The van der Waals surface area contributed by atoms with Crippen LogP contribution in [0.3, 0.4) is 0 Å². The average molecular weight is 239 g/mol. The summed E-state index contributed by atoms with van der Waals surface area (Å²) in [5.41, 5.74) is 1.95. The van der Waals surface area contributed by atoms with Crippen molar-refractivity contribution in [2.24, 2.45) is 7.05 Å². The van der Waals surface area contributed by atoms with E-state index in [1.54, 1.807) is 24.0 Å². The summed E-state index contributed by atoms with van der Waals surface area (Å²) in [5.74, 6) is 0.472. The first-order valence-electron chi connectivity index (χ1n) is 4.75. The minimum absolute atomic E-state index is 0.121. The molecule has 1 N–H and O–H groups in total. The topological polar surface area (TPSA) is 63.8 Å². The minimum Gasteiger partial charge on any atom is -0.390 e. The predicted octanol–water partition coefficient (Wildman–Crippen LogP) is 1.33. The Hall–Kier alpha value is -1.46. The zero-order valence-electron chi connectivity index (χ0n) is 8.98. The van der Waals surface area contributed by atoms with E-state index in [0.717, 1.165) is 5.69 Å². The standard InChI is InChI=1S/C10H11ClN4O/c1-6-8(11)9(15(2)14-6)10-12-4-3-7(5-16)13-10/h3-4,16H,5H2,1-2H3. The lowest BCUT2D eigenvalue weighted by Crippen LogP contribution is -2.00. The van der Waals surface area contributed by atoms with Crippen molar-refractivity contribution in [3.05, 3.63) is 28.7 Å². The molecular weight excluding hydrogens is 228 g/mol. The summed E-state index contributed by atoms with van der Waals surface area (Å²) >= 11 is 6.12. The Kier molecular flexibility index (Phi) is 2.89. The van der Waals surface area contributed by atoms with Gasteiger partial charge in [0.2, 0.25) is 0 Å². The first-order valence-corrected chi connectivity index (χ1v) is 5.13. The quantitative estimate of drug-likeness (QED) is 0.858. The number of rotatable bonds is 2. The maximum atomic E-state index is 9.01. The number of aryl methyl sites for hydroxylation is 2. The molecular formula is C10H11ClN4O. The molecule has 0 atom stereocenters. The number of aliphatic hydroxyl groups is 1. The fraction of sp³-hybridized carbons (Fsp3) is 0.300. The zero-order chi connectivity index (χ0) is 11.7. The van der Waals surface area contributed by atoms with E-state index in [1.165, 1.54) is 0 Å². The molecule has 0 amide bonds. The molecule has 0 aliphatic rings. The Balaban J connectivity index is 2.58. The van der Waals surface area contributed by atoms with Crippen LogP contribution in [0, 0.1) is 6.92 Å². The molecule has 2 rings (SSSR count). The second-order valence-corrected chi connectivity index (χ2v) is 3.78. The SMILES string of the molecule is Cc1nn(C)c(-c2nccc(CO)n2)c1Cl. The molecule has 6 heteroatoms. The molecule has 16 heavy (non-hydrogen) atoms. The molecule has 0 fully saturated rings. The lowest BCUT2D eigenvalue weighted by atomic mass is 10.3. The Morgan fingerprint density at radius 1 is 1.50 bits per heavy atom. The van der Waals surface area contributed by atoms with Crippen molar-refractivity contribution >= 4 is 11.6 Å². The molecule has 5 nitrogen and oxygen atoms in total. The van der Waals surface area contributed by atoms with Crippen LogP contribution in [0.1, 0.15) is 11.4 Å². The molecule has 2 aromatic rings. The van der Waals surface area contributed by atoms with E-state index in [2.05, 4.69) is 15.1 Å². The van der Waals surface area contributed by atoms with Crippen molar-refractivity contribution in [1.82, 2.24) is 19.7 Å². The molecule has 84 valence electrons. The van der Waals surface area contributed by atoms with Crippen LogP contribution in [0.25, 0.3) is 11.5 Å². The van der Waals surface area contributed by atoms with E-state index < -0.39 is 0 Å². The fourth-order valence-electron chi connectivity index (χ4n) is 1.47. The molecule has 0 bridgehead atoms. The number of aromatic nitrogens is 4. The number of aliphatic hydroxyl groups excluding tert-OH is 1. The van der Waals surface area contributed by atoms with Gasteiger partial charge >= 0.3 is 0 Å². The predicted molar refractivity (Wildman–Crippen MR) is 59.9 cm³/mol. The second-order valence-electron chi connectivity index (χ2n) is 3.40. The third-order valence-electron chi connectivity index (χ3n) is 2.24. The van der Waals surface area contributed by atoms with Crippen LogP contribution in [0.4, 0.5) is 0 Å². The minimum atomic E-state index is -0.121. The average Bonchev–Trinajstić information content (AvgIpc) is 2.53. The lowest BCUT2D eigenvalue weighted by Gasteiger charge is -2.02. The largest absolute Gasteiger partial charge is 0.390 e. The zero-order valence-corrected chi connectivity index (χ0v) is 9.73. The van der Waals surface area contributed by atoms with Crippen LogP contribution in [0.2, 0.25) is 5.02 Å². The Morgan fingerprint density at radius 3 is 2.81 bits per heavy atom. The van der Waals surface area contributed by atoms with Gasteiger partial charge in [-0.1, -0.05) is 11.6 Å². The van der Waals surface area contributed by atoms with Gasteiger partial charge in [-0.05, 0) is 13.0 Å². The third kappa shape index (κ3) is 1.79. The van der Waals surface area contributed by atoms with Gasteiger partial charge < -0.3 is 5.11 Å². The van der Waals surface area contributed by atoms with E-state index in [-0.39, 0.29) is 6.61 Å². The summed E-state index contributed by atoms with van der Waals surface area (Å²) in [7, 11) is 1.78. The molecule has 2 heterocycles. The lowest BCUT2D eigenvalue weighted by molar-refractivity contribution is 0.277. The highest BCUT2D eigenvalue weighted by atomic mass is 35.5. The van der Waals surface area contributed by atoms with Crippen molar-refractivity contribution in [1.29, 1.82) is 0 Å². The summed E-state index contributed by atoms with van der Waals surface area (Å²) in [6.07, 6.45) is 1.59. The number of nitrogens with zero attached hydrogens (tertiary/aromatic N) is 4. The highest BCUT2D eigenvalue weighted by Gasteiger charge is 2.15. The van der Waals surface area contributed by atoms with Gasteiger partial charge in [-0.2, -0.15) is 5.10 Å². The molecule has 0 saturated carbocycles. The van der Waals surface area contributed by atoms with Crippen molar-refractivity contribution in [2.75, 3.05) is 0 Å². The highest BCUT2D eigenvalue weighted by molar-refractivity contribution is 6.33. The van der Waals surface area contributed by atoms with Crippen LogP contribution in [-0.2, 0) is 13.7 Å². The molecule has 0 saturated heterocycles. The van der Waals surface area contributed by atoms with Crippen LogP contribution in [0.5, 0.6) is 0 Å². The molecule has 0 aliphatic heterocycles. The van der Waals surface area contributed by atoms with Crippen LogP contribution in [0.15, 0.2) is 12.3 Å². The summed E-state index contributed by atoms with van der Waals surface area (Å²) in [4.78, 5) is 8.32. The van der Waals surface area contributed by atoms with Crippen LogP contribution < -0.4 is 0 Å². The van der Waals surface area contributed by atoms with E-state index >= 15 is 0 Å². The fourth-order valence-corrected chi connectivity index (χ4v) is 1.72. The Morgan fingerprint density at radius 2 is 2.25 bits per heavy atom. The summed E-state index contributed by atoms with van der Waals surface area (Å²) in [6.45, 7) is 1.70. The monoisotopic (exact) mass is 238 g/mol. The number of hydrogen-bond donors (Lipinski definition) is 1. The molecule has 2 aromatic heterocycles. The van der Waals surface area contributed by atoms with Gasteiger partial charge in [-0.3, -0.25) is 4.68 Å². The van der Waals surface area contributed by atoms with E-state index in [1.807, 2.05) is 6.92 Å². The maximum absolute atomic E-state index is 9.01. The van der Waals surface area contributed by atoms with Crippen molar-refractivity contribution in [3.63, 3.8) is 0 Å². The maximum Gasteiger partial charge on any atom is 0.179 e. The van der Waals surface area contributed by atoms with Crippen LogP contribution >= 0.6 is 11.6 Å². The highest BCUT2D eigenvalue weighted by Crippen LogP contribution is 2.27. The number of halogens is 1. The molecule has 0 aliphatic carbocycles. The van der Waals surface area contributed by atoms with Crippen molar-refractivity contribution < 1.29 is 5.11 Å². The third-order valence-corrected chi connectivity index (χ3v) is 2.69. The summed E-state index contributed by atoms with van der Waals surface area (Å²) in [6, 6.07) is 1.65. The summed E-state index contributed by atoms with van der Waals surface area (Å²) < 4.78 is 1.63. The van der Waals surface area contributed by atoms with Crippen molar-refractivity contribution in [2.45, 2.75) is 13.5 Å². The molecule has 0 unspecified atom stereocenters. The Bertz CT molecular complexity index is 524. The molecule has 0 spiro atoms.